The van der Waals surface area contributed by atoms with E-state index < -0.39 is 0 Å². The molecule has 0 aliphatic carbocycles. The SMILES string of the molecule is COc1cccc([C@H](NC(=O)N2CCN(C[C@@H]3CCCO3)CC2)c2nccn2C)c1. The number of piperazine rings is 1. The Morgan fingerprint density at radius 2 is 2.17 bits per heavy atom. The summed E-state index contributed by atoms with van der Waals surface area (Å²) in [6, 6.07) is 7.34. The molecule has 4 rings (SSSR count). The number of carbonyl (C=O) groups excluding carboxylic acids is 1. The fraction of sp³-hybridized carbons (Fsp3) is 0.545. The van der Waals surface area contributed by atoms with Gasteiger partial charge in [0.05, 0.1) is 13.2 Å². The molecule has 2 amide bonds. The molecule has 1 aromatic heterocycles. The topological polar surface area (TPSA) is 71.9 Å². The van der Waals surface area contributed by atoms with Gasteiger partial charge in [-0.1, -0.05) is 12.1 Å². The average Bonchev–Trinajstić information content (AvgIpc) is 3.44. The molecule has 0 bridgehead atoms. The van der Waals surface area contributed by atoms with Gasteiger partial charge in [-0.25, -0.2) is 9.78 Å². The maximum atomic E-state index is 13.1. The summed E-state index contributed by atoms with van der Waals surface area (Å²) >= 11 is 0. The van der Waals surface area contributed by atoms with E-state index >= 15 is 0 Å². The van der Waals surface area contributed by atoms with Gasteiger partial charge in [0.25, 0.3) is 0 Å². The van der Waals surface area contributed by atoms with Crippen LogP contribution in [0.4, 0.5) is 4.79 Å². The number of benzene rings is 1. The Bertz CT molecular complexity index is 841. The van der Waals surface area contributed by atoms with Crippen LogP contribution in [0.15, 0.2) is 36.7 Å². The van der Waals surface area contributed by atoms with Crippen molar-refractivity contribution in [1.29, 1.82) is 0 Å². The number of nitrogens with zero attached hydrogens (tertiary/aromatic N) is 4. The van der Waals surface area contributed by atoms with Crippen molar-refractivity contribution in [3.05, 3.63) is 48.0 Å². The smallest absolute Gasteiger partial charge is 0.318 e. The van der Waals surface area contributed by atoms with Crippen molar-refractivity contribution in [3.63, 3.8) is 0 Å². The molecule has 2 atom stereocenters. The number of aryl methyl sites for hydroxylation is 1. The number of rotatable bonds is 6. The second-order valence-corrected chi connectivity index (χ2v) is 7.98. The number of amides is 2. The zero-order valence-corrected chi connectivity index (χ0v) is 17.8. The van der Waals surface area contributed by atoms with Gasteiger partial charge in [-0.15, -0.1) is 0 Å². The van der Waals surface area contributed by atoms with Crippen molar-refractivity contribution in [2.24, 2.45) is 7.05 Å². The predicted molar refractivity (Wildman–Crippen MR) is 114 cm³/mol. The molecule has 162 valence electrons. The zero-order valence-electron chi connectivity index (χ0n) is 17.8. The molecule has 1 N–H and O–H groups in total. The highest BCUT2D eigenvalue weighted by Crippen LogP contribution is 2.24. The Hall–Kier alpha value is -2.58. The summed E-state index contributed by atoms with van der Waals surface area (Å²) in [5.41, 5.74) is 0.939. The van der Waals surface area contributed by atoms with Gasteiger partial charge in [0, 0.05) is 58.8 Å². The number of imidazole rings is 1. The van der Waals surface area contributed by atoms with Gasteiger partial charge in [0.2, 0.25) is 0 Å². The van der Waals surface area contributed by atoms with Crippen molar-refractivity contribution in [3.8, 4) is 5.75 Å². The van der Waals surface area contributed by atoms with E-state index in [1.165, 1.54) is 0 Å². The molecule has 0 spiro atoms. The number of hydrogen-bond acceptors (Lipinski definition) is 5. The number of urea groups is 1. The Labute approximate surface area is 177 Å². The monoisotopic (exact) mass is 413 g/mol. The lowest BCUT2D eigenvalue weighted by atomic mass is 10.1. The number of ether oxygens (including phenoxy) is 2. The molecule has 1 aromatic carbocycles. The normalized spacial score (nSPS) is 20.9. The summed E-state index contributed by atoms with van der Waals surface area (Å²) < 4.78 is 13.1. The molecule has 2 saturated heterocycles. The van der Waals surface area contributed by atoms with Crippen LogP contribution in [0.2, 0.25) is 0 Å². The Morgan fingerprint density at radius 3 is 2.83 bits per heavy atom. The Balaban J connectivity index is 1.41. The maximum Gasteiger partial charge on any atom is 0.318 e. The minimum absolute atomic E-state index is 0.0670. The largest absolute Gasteiger partial charge is 0.497 e. The molecule has 2 aromatic rings. The van der Waals surface area contributed by atoms with Crippen LogP contribution in [-0.4, -0.2) is 77.9 Å². The number of nitrogens with one attached hydrogen (secondary N) is 1. The van der Waals surface area contributed by atoms with Gasteiger partial charge in [-0.05, 0) is 30.5 Å². The number of hydrogen-bond donors (Lipinski definition) is 1. The highest BCUT2D eigenvalue weighted by atomic mass is 16.5. The first-order valence-corrected chi connectivity index (χ1v) is 10.6. The van der Waals surface area contributed by atoms with Crippen molar-refractivity contribution in [1.82, 2.24) is 24.7 Å². The van der Waals surface area contributed by atoms with Crippen LogP contribution < -0.4 is 10.1 Å². The van der Waals surface area contributed by atoms with Gasteiger partial charge in [-0.3, -0.25) is 4.90 Å². The van der Waals surface area contributed by atoms with Gasteiger partial charge in [0.15, 0.2) is 0 Å². The number of carbonyl (C=O) groups is 1. The molecular weight excluding hydrogens is 382 g/mol. The van der Waals surface area contributed by atoms with Gasteiger partial charge in [-0.2, -0.15) is 0 Å². The second kappa shape index (κ2) is 9.49. The van der Waals surface area contributed by atoms with E-state index in [2.05, 4.69) is 15.2 Å². The van der Waals surface area contributed by atoms with E-state index in [-0.39, 0.29) is 12.1 Å². The minimum atomic E-state index is -0.350. The number of methoxy groups -OCH3 is 1. The quantitative estimate of drug-likeness (QED) is 0.785. The van der Waals surface area contributed by atoms with E-state index in [0.717, 1.165) is 56.2 Å². The van der Waals surface area contributed by atoms with Crippen LogP contribution >= 0.6 is 0 Å². The maximum absolute atomic E-state index is 13.1. The first-order chi connectivity index (χ1) is 14.6. The second-order valence-electron chi connectivity index (χ2n) is 7.98. The molecule has 8 heteroatoms. The summed E-state index contributed by atoms with van der Waals surface area (Å²) in [6.07, 6.45) is 6.29. The van der Waals surface area contributed by atoms with Crippen molar-refractivity contribution in [2.75, 3.05) is 46.4 Å². The standard InChI is InChI=1S/C22H31N5O3/c1-25-9-8-23-21(25)20(17-5-3-6-18(15-17)29-2)24-22(28)27-12-10-26(11-13-27)16-19-7-4-14-30-19/h3,5-6,8-9,15,19-20H,4,7,10-14,16H2,1-2H3,(H,24,28)/t19-,20-/m0/s1. The van der Waals surface area contributed by atoms with Crippen molar-refractivity contribution in [2.45, 2.75) is 25.0 Å². The van der Waals surface area contributed by atoms with E-state index in [1.54, 1.807) is 13.3 Å². The van der Waals surface area contributed by atoms with Crippen LogP contribution in [0, 0.1) is 0 Å². The fourth-order valence-electron chi connectivity index (χ4n) is 4.20. The third kappa shape index (κ3) is 4.76. The fourth-order valence-corrected chi connectivity index (χ4v) is 4.20. The summed E-state index contributed by atoms with van der Waals surface area (Å²) in [4.78, 5) is 21.9. The van der Waals surface area contributed by atoms with Crippen LogP contribution in [0.25, 0.3) is 0 Å². The first kappa shape index (κ1) is 20.7. The molecule has 8 nitrogen and oxygen atoms in total. The summed E-state index contributed by atoms with van der Waals surface area (Å²) in [6.45, 7) is 5.02. The molecule has 0 unspecified atom stereocenters. The van der Waals surface area contributed by atoms with E-state index in [9.17, 15) is 4.79 Å². The van der Waals surface area contributed by atoms with Gasteiger partial charge >= 0.3 is 6.03 Å². The van der Waals surface area contributed by atoms with Gasteiger partial charge < -0.3 is 24.3 Å². The van der Waals surface area contributed by atoms with Crippen LogP contribution in [0.1, 0.15) is 30.3 Å². The van der Waals surface area contributed by atoms with Crippen molar-refractivity contribution < 1.29 is 14.3 Å². The van der Waals surface area contributed by atoms with E-state index in [0.29, 0.717) is 19.2 Å². The molecule has 3 heterocycles. The molecule has 2 fully saturated rings. The summed E-state index contributed by atoms with van der Waals surface area (Å²) in [7, 11) is 3.58. The average molecular weight is 414 g/mol. The minimum Gasteiger partial charge on any atom is -0.497 e. The summed E-state index contributed by atoms with van der Waals surface area (Å²) in [5, 5.41) is 3.19. The third-order valence-electron chi connectivity index (χ3n) is 5.96. The molecule has 2 aliphatic heterocycles. The third-order valence-corrected chi connectivity index (χ3v) is 5.96. The van der Waals surface area contributed by atoms with Gasteiger partial charge in [0.1, 0.15) is 17.6 Å². The Morgan fingerprint density at radius 1 is 1.33 bits per heavy atom. The first-order valence-electron chi connectivity index (χ1n) is 10.6. The predicted octanol–water partition coefficient (Wildman–Crippen LogP) is 2.02. The molecule has 30 heavy (non-hydrogen) atoms. The highest BCUT2D eigenvalue weighted by molar-refractivity contribution is 5.75. The van der Waals surface area contributed by atoms with Crippen LogP contribution in [-0.2, 0) is 11.8 Å². The lowest BCUT2D eigenvalue weighted by Gasteiger charge is -2.36. The Kier molecular flexibility index (Phi) is 6.54. The molecular formula is C22H31N5O3. The van der Waals surface area contributed by atoms with E-state index in [1.807, 2.05) is 47.0 Å². The van der Waals surface area contributed by atoms with Crippen LogP contribution in [0.3, 0.4) is 0 Å². The highest BCUT2D eigenvalue weighted by Gasteiger charge is 2.28. The zero-order chi connectivity index (χ0) is 20.9. The van der Waals surface area contributed by atoms with Crippen LogP contribution in [0.5, 0.6) is 5.75 Å². The van der Waals surface area contributed by atoms with Crippen molar-refractivity contribution >= 4 is 6.03 Å². The summed E-state index contributed by atoms with van der Waals surface area (Å²) in [5.74, 6) is 1.54. The number of aromatic nitrogens is 2. The molecule has 0 radical (unpaired) electrons. The molecule has 2 aliphatic rings. The van der Waals surface area contributed by atoms with E-state index in [4.69, 9.17) is 9.47 Å². The molecule has 0 saturated carbocycles. The lowest BCUT2D eigenvalue weighted by Crippen LogP contribution is -2.53. The lowest BCUT2D eigenvalue weighted by molar-refractivity contribution is 0.0559.